The fourth-order valence-electron chi connectivity index (χ4n) is 2.59. The number of benzene rings is 1. The molecule has 7 heteroatoms. The molecule has 7 nitrogen and oxygen atoms in total. The fourth-order valence-corrected chi connectivity index (χ4v) is 2.59. The van der Waals surface area contributed by atoms with Gasteiger partial charge in [0.25, 0.3) is 0 Å². The smallest absolute Gasteiger partial charge is 0.222 e. The zero-order valence-corrected chi connectivity index (χ0v) is 14.7. The van der Waals surface area contributed by atoms with Gasteiger partial charge in [-0.2, -0.15) is 5.10 Å². The first-order valence-electron chi connectivity index (χ1n) is 8.15. The van der Waals surface area contributed by atoms with Crippen molar-refractivity contribution in [3.63, 3.8) is 0 Å². The van der Waals surface area contributed by atoms with E-state index in [0.29, 0.717) is 6.54 Å². The molecule has 2 rings (SSSR count). The van der Waals surface area contributed by atoms with E-state index in [9.17, 15) is 9.59 Å². The van der Waals surface area contributed by atoms with Gasteiger partial charge in [0.05, 0.1) is 26.1 Å². The van der Waals surface area contributed by atoms with Gasteiger partial charge < -0.3 is 15.4 Å². The number of ether oxygens (including phenoxy) is 1. The SMILES string of the molecule is COc1ccc([C@@H](CC(=O)N[C@@H](C)Cn2cccn2)NC(C)=O)cc1. The van der Waals surface area contributed by atoms with E-state index in [0.717, 1.165) is 11.3 Å². The largest absolute Gasteiger partial charge is 0.497 e. The molecule has 2 amide bonds. The second-order valence-electron chi connectivity index (χ2n) is 5.93. The molecule has 1 aromatic carbocycles. The van der Waals surface area contributed by atoms with E-state index in [1.165, 1.54) is 6.92 Å². The third-order valence-electron chi connectivity index (χ3n) is 3.71. The molecule has 0 spiro atoms. The quantitative estimate of drug-likeness (QED) is 0.763. The lowest BCUT2D eigenvalue weighted by Gasteiger charge is -2.20. The molecule has 25 heavy (non-hydrogen) atoms. The van der Waals surface area contributed by atoms with Crippen molar-refractivity contribution in [1.82, 2.24) is 20.4 Å². The Morgan fingerprint density at radius 1 is 1.24 bits per heavy atom. The molecule has 0 aliphatic carbocycles. The van der Waals surface area contributed by atoms with Crippen molar-refractivity contribution < 1.29 is 14.3 Å². The number of hydrogen-bond donors (Lipinski definition) is 2. The van der Waals surface area contributed by atoms with Crippen molar-refractivity contribution in [2.24, 2.45) is 0 Å². The minimum absolute atomic E-state index is 0.0683. The van der Waals surface area contributed by atoms with Gasteiger partial charge in [-0.3, -0.25) is 14.3 Å². The van der Waals surface area contributed by atoms with Crippen LogP contribution in [-0.4, -0.2) is 34.7 Å². The summed E-state index contributed by atoms with van der Waals surface area (Å²) in [5.41, 5.74) is 0.853. The van der Waals surface area contributed by atoms with Crippen LogP contribution in [0.2, 0.25) is 0 Å². The molecule has 2 N–H and O–H groups in total. The van der Waals surface area contributed by atoms with E-state index in [2.05, 4.69) is 15.7 Å². The molecule has 2 atom stereocenters. The van der Waals surface area contributed by atoms with E-state index >= 15 is 0 Å². The standard InChI is InChI=1S/C18H24N4O3/c1-13(12-22-10-4-9-19-22)20-18(24)11-17(21-14(2)23)15-5-7-16(25-3)8-6-15/h4-10,13,17H,11-12H2,1-3H3,(H,20,24)(H,21,23)/t13-,17+/m0/s1. The van der Waals surface area contributed by atoms with Crippen LogP contribution in [0.15, 0.2) is 42.7 Å². The third-order valence-corrected chi connectivity index (χ3v) is 3.71. The molecule has 1 heterocycles. The fraction of sp³-hybridized carbons (Fsp3) is 0.389. The maximum Gasteiger partial charge on any atom is 0.222 e. The average Bonchev–Trinajstić information content (AvgIpc) is 3.06. The molecule has 0 radical (unpaired) electrons. The number of carbonyl (C=O) groups excluding carboxylic acids is 2. The maximum atomic E-state index is 12.4. The van der Waals surface area contributed by atoms with E-state index in [1.807, 2.05) is 43.5 Å². The van der Waals surface area contributed by atoms with Crippen molar-refractivity contribution in [2.75, 3.05) is 7.11 Å². The minimum atomic E-state index is -0.389. The number of rotatable bonds is 8. The van der Waals surface area contributed by atoms with Gasteiger partial charge in [-0.15, -0.1) is 0 Å². The van der Waals surface area contributed by atoms with E-state index in [4.69, 9.17) is 4.74 Å². The summed E-state index contributed by atoms with van der Waals surface area (Å²) in [4.78, 5) is 23.8. The molecule has 134 valence electrons. The molecule has 0 aliphatic heterocycles. The third kappa shape index (κ3) is 5.95. The Labute approximate surface area is 147 Å². The van der Waals surface area contributed by atoms with Crippen LogP contribution in [0, 0.1) is 0 Å². The van der Waals surface area contributed by atoms with Gasteiger partial charge >= 0.3 is 0 Å². The van der Waals surface area contributed by atoms with Crippen LogP contribution in [-0.2, 0) is 16.1 Å². The summed E-state index contributed by atoms with van der Waals surface area (Å²) in [6.07, 6.45) is 3.71. The Morgan fingerprint density at radius 3 is 2.52 bits per heavy atom. The first kappa shape index (κ1) is 18.5. The van der Waals surface area contributed by atoms with Crippen LogP contribution in [0.4, 0.5) is 0 Å². The van der Waals surface area contributed by atoms with Crippen molar-refractivity contribution in [3.05, 3.63) is 48.3 Å². The van der Waals surface area contributed by atoms with E-state index in [1.54, 1.807) is 18.0 Å². The maximum absolute atomic E-state index is 12.4. The molecule has 0 fully saturated rings. The van der Waals surface area contributed by atoms with Crippen molar-refractivity contribution >= 4 is 11.8 Å². The Balaban J connectivity index is 1.97. The van der Waals surface area contributed by atoms with Gasteiger partial charge in [0, 0.05) is 25.4 Å². The van der Waals surface area contributed by atoms with Crippen LogP contribution in [0.3, 0.4) is 0 Å². The summed E-state index contributed by atoms with van der Waals surface area (Å²) in [6.45, 7) is 3.95. The second kappa shape index (κ2) is 8.86. The zero-order valence-electron chi connectivity index (χ0n) is 14.7. The Morgan fingerprint density at radius 2 is 1.96 bits per heavy atom. The lowest BCUT2D eigenvalue weighted by atomic mass is 10.0. The number of aromatic nitrogens is 2. The molecule has 0 unspecified atom stereocenters. The van der Waals surface area contributed by atoms with Crippen LogP contribution >= 0.6 is 0 Å². The first-order valence-corrected chi connectivity index (χ1v) is 8.15. The topological polar surface area (TPSA) is 85.2 Å². The van der Waals surface area contributed by atoms with Crippen LogP contribution in [0.5, 0.6) is 5.75 Å². The molecule has 0 aliphatic rings. The molecule has 0 saturated heterocycles. The zero-order chi connectivity index (χ0) is 18.2. The normalized spacial score (nSPS) is 12.9. The number of hydrogen-bond acceptors (Lipinski definition) is 4. The summed E-state index contributed by atoms with van der Waals surface area (Å²) >= 11 is 0. The highest BCUT2D eigenvalue weighted by molar-refractivity contribution is 5.79. The first-order chi connectivity index (χ1) is 12.0. The van der Waals surface area contributed by atoms with Crippen molar-refractivity contribution in [3.8, 4) is 5.75 Å². The van der Waals surface area contributed by atoms with E-state index in [-0.39, 0.29) is 30.3 Å². The molecular formula is C18H24N4O3. The van der Waals surface area contributed by atoms with Crippen LogP contribution in [0.1, 0.15) is 31.9 Å². The van der Waals surface area contributed by atoms with Gasteiger partial charge in [0.15, 0.2) is 0 Å². The highest BCUT2D eigenvalue weighted by Crippen LogP contribution is 2.20. The monoisotopic (exact) mass is 344 g/mol. The lowest BCUT2D eigenvalue weighted by Crippen LogP contribution is -2.38. The average molecular weight is 344 g/mol. The molecule has 1 aromatic heterocycles. The highest BCUT2D eigenvalue weighted by atomic mass is 16.5. The molecule has 0 bridgehead atoms. The van der Waals surface area contributed by atoms with Gasteiger partial charge in [0.1, 0.15) is 5.75 Å². The van der Waals surface area contributed by atoms with Gasteiger partial charge in [-0.05, 0) is 30.7 Å². The molecular weight excluding hydrogens is 320 g/mol. The van der Waals surface area contributed by atoms with Crippen molar-refractivity contribution in [1.29, 1.82) is 0 Å². The van der Waals surface area contributed by atoms with Crippen LogP contribution < -0.4 is 15.4 Å². The number of amides is 2. The number of nitrogens with zero attached hydrogens (tertiary/aromatic N) is 2. The predicted molar refractivity (Wildman–Crippen MR) is 94.0 cm³/mol. The lowest BCUT2D eigenvalue weighted by molar-refractivity contribution is -0.123. The number of methoxy groups -OCH3 is 1. The van der Waals surface area contributed by atoms with Crippen molar-refractivity contribution in [2.45, 2.75) is 38.9 Å². The van der Waals surface area contributed by atoms with Gasteiger partial charge in [0.2, 0.25) is 11.8 Å². The summed E-state index contributed by atoms with van der Waals surface area (Å²) in [5, 5.41) is 9.89. The molecule has 0 saturated carbocycles. The minimum Gasteiger partial charge on any atom is -0.497 e. The predicted octanol–water partition coefficient (Wildman–Crippen LogP) is 1.66. The summed E-state index contributed by atoms with van der Waals surface area (Å²) in [7, 11) is 1.59. The summed E-state index contributed by atoms with van der Waals surface area (Å²) in [6, 6.07) is 8.69. The summed E-state index contributed by atoms with van der Waals surface area (Å²) < 4.78 is 6.90. The second-order valence-corrected chi connectivity index (χ2v) is 5.93. The summed E-state index contributed by atoms with van der Waals surface area (Å²) in [5.74, 6) is 0.412. The number of nitrogens with one attached hydrogen (secondary N) is 2. The van der Waals surface area contributed by atoms with Gasteiger partial charge in [-0.25, -0.2) is 0 Å². The van der Waals surface area contributed by atoms with E-state index < -0.39 is 0 Å². The Kier molecular flexibility index (Phi) is 6.56. The molecule has 2 aromatic rings. The Bertz CT molecular complexity index is 683. The highest BCUT2D eigenvalue weighted by Gasteiger charge is 2.18. The number of carbonyl (C=O) groups is 2. The van der Waals surface area contributed by atoms with Gasteiger partial charge in [-0.1, -0.05) is 12.1 Å². The van der Waals surface area contributed by atoms with Crippen LogP contribution in [0.25, 0.3) is 0 Å². The Hall–Kier alpha value is -2.83.